The van der Waals surface area contributed by atoms with Crippen LogP contribution in [0.15, 0.2) is 64.8 Å². The molecule has 0 saturated carbocycles. The number of carboxylic acid groups (broad SMARTS) is 1. The van der Waals surface area contributed by atoms with Gasteiger partial charge in [0.05, 0.1) is 37.3 Å². The number of amides is 1. The molecule has 1 atom stereocenters. The number of nitrogens with zero attached hydrogens (tertiary/aromatic N) is 5. The lowest BCUT2D eigenvalue weighted by molar-refractivity contribution is -0.116. The fraction of sp³-hybridized carbons (Fsp3) is 0.273. The van der Waals surface area contributed by atoms with Gasteiger partial charge in [-0.2, -0.15) is 0 Å². The number of benzene rings is 2. The van der Waals surface area contributed by atoms with Crippen LogP contribution in [0, 0.1) is 5.41 Å². The van der Waals surface area contributed by atoms with E-state index < -0.39 is 5.97 Å². The van der Waals surface area contributed by atoms with Crippen molar-refractivity contribution in [1.82, 2.24) is 19.4 Å². The fourth-order valence-electron chi connectivity index (χ4n) is 5.66. The highest BCUT2D eigenvalue weighted by Gasteiger charge is 2.30. The molecule has 242 valence electrons. The first-order valence-corrected chi connectivity index (χ1v) is 15.1. The van der Waals surface area contributed by atoms with Crippen molar-refractivity contribution in [3.8, 4) is 22.6 Å². The Balaban J connectivity index is 1.01. The van der Waals surface area contributed by atoms with Crippen molar-refractivity contribution in [3.63, 3.8) is 0 Å². The summed E-state index contributed by atoms with van der Waals surface area (Å²) in [4.78, 5) is 42.2. The Bertz CT molecular complexity index is 1890. The second-order valence-electron chi connectivity index (χ2n) is 11.3. The summed E-state index contributed by atoms with van der Waals surface area (Å²) in [7, 11) is 3.24. The zero-order valence-electron chi connectivity index (χ0n) is 26.0. The third-order valence-electron chi connectivity index (χ3n) is 8.08. The topological polar surface area (TPSA) is 196 Å². The van der Waals surface area contributed by atoms with E-state index in [-0.39, 0.29) is 36.5 Å². The van der Waals surface area contributed by atoms with Gasteiger partial charge in [0.15, 0.2) is 23.2 Å². The monoisotopic (exact) mass is 637 g/mol. The molecule has 2 aliphatic heterocycles. The normalized spacial score (nSPS) is 15.6. The molecule has 1 fully saturated rings. The molecule has 6 N–H and O–H groups in total. The Morgan fingerprint density at radius 2 is 2.00 bits per heavy atom. The lowest BCUT2D eigenvalue weighted by atomic mass is 10.1. The maximum absolute atomic E-state index is 12.6. The summed E-state index contributed by atoms with van der Waals surface area (Å²) in [6, 6.07) is 12.5. The second-order valence-corrected chi connectivity index (χ2v) is 11.3. The number of nitrogens with two attached hydrogens (primary N) is 1. The number of carbonyl (C=O) groups is 2. The Morgan fingerprint density at radius 3 is 2.74 bits per heavy atom. The number of hydrogen-bond acceptors (Lipinski definition) is 8. The van der Waals surface area contributed by atoms with Gasteiger partial charge in [-0.05, 0) is 49.1 Å². The van der Waals surface area contributed by atoms with Gasteiger partial charge in [0.25, 0.3) is 0 Å². The summed E-state index contributed by atoms with van der Waals surface area (Å²) < 4.78 is 13.1. The van der Waals surface area contributed by atoms with E-state index in [1.807, 2.05) is 18.3 Å². The smallest absolute Gasteiger partial charge is 0.352 e. The maximum Gasteiger partial charge on any atom is 0.352 e. The number of rotatable bonds is 11. The standard InChI is InChI=1S/C33H35N9O5/c1-41-18-20(13-25(41)33(44)45)19-7-9-21(10-8-19)38-30(34)32-37-17-28(40-32)39-29(43)6-4-12-47-27-15-24-23(14-26(27)46-2)31(35)42-11-3-5-22(42)16-36-24/h7-10,13-18,22,35H,3-6,11-12H2,1-2H3,(H2,34,38)(H,37,40)(H,39,43)(H,44,45)/t22-/m0/s1. The number of aromatic carboxylic acids is 1. The number of nitrogens with one attached hydrogen (secondary N) is 3. The molecule has 14 heteroatoms. The highest BCUT2D eigenvalue weighted by Crippen LogP contribution is 2.38. The maximum atomic E-state index is 12.6. The van der Waals surface area contributed by atoms with Crippen molar-refractivity contribution in [2.45, 2.75) is 31.7 Å². The molecular weight excluding hydrogens is 602 g/mol. The summed E-state index contributed by atoms with van der Waals surface area (Å²) >= 11 is 0. The third kappa shape index (κ3) is 6.71. The van der Waals surface area contributed by atoms with Crippen LogP contribution in [0.1, 0.15) is 47.6 Å². The van der Waals surface area contributed by atoms with Gasteiger partial charge in [-0.25, -0.2) is 14.8 Å². The van der Waals surface area contributed by atoms with Crippen LogP contribution in [-0.2, 0) is 11.8 Å². The minimum Gasteiger partial charge on any atom is -0.493 e. The van der Waals surface area contributed by atoms with Gasteiger partial charge in [0.1, 0.15) is 17.3 Å². The molecule has 47 heavy (non-hydrogen) atoms. The number of imidazole rings is 1. The number of aromatic nitrogens is 3. The number of carbonyl (C=O) groups excluding carboxylic acids is 1. The highest BCUT2D eigenvalue weighted by atomic mass is 16.5. The average molecular weight is 638 g/mol. The molecule has 2 aliphatic rings. The van der Waals surface area contributed by atoms with Gasteiger partial charge in [-0.3, -0.25) is 15.2 Å². The van der Waals surface area contributed by atoms with Gasteiger partial charge in [0.2, 0.25) is 5.91 Å². The summed E-state index contributed by atoms with van der Waals surface area (Å²) in [5.74, 6) is 1.05. The van der Waals surface area contributed by atoms with E-state index >= 15 is 0 Å². The lowest BCUT2D eigenvalue weighted by Gasteiger charge is -2.23. The Kier molecular flexibility index (Phi) is 8.73. The van der Waals surface area contributed by atoms with Gasteiger partial charge in [-0.15, -0.1) is 0 Å². The molecule has 0 bridgehead atoms. The minimum atomic E-state index is -0.993. The number of carboxylic acids is 1. The van der Waals surface area contributed by atoms with Crippen LogP contribution in [0.4, 0.5) is 17.2 Å². The number of H-pyrrole nitrogens is 1. The van der Waals surface area contributed by atoms with Crippen molar-refractivity contribution in [2.24, 2.45) is 22.8 Å². The van der Waals surface area contributed by atoms with Gasteiger partial charge >= 0.3 is 5.97 Å². The summed E-state index contributed by atoms with van der Waals surface area (Å²) in [5.41, 5.74) is 9.92. The van der Waals surface area contributed by atoms with Crippen LogP contribution >= 0.6 is 0 Å². The number of hydrogen-bond donors (Lipinski definition) is 5. The Morgan fingerprint density at radius 1 is 1.19 bits per heavy atom. The Hall–Kier alpha value is -5.92. The van der Waals surface area contributed by atoms with Gasteiger partial charge in [0, 0.05) is 49.6 Å². The highest BCUT2D eigenvalue weighted by molar-refractivity contribution is 6.05. The summed E-state index contributed by atoms with van der Waals surface area (Å²) in [6.45, 7) is 1.11. The predicted molar refractivity (Wildman–Crippen MR) is 178 cm³/mol. The first kappa shape index (κ1) is 31.1. The van der Waals surface area contributed by atoms with Crippen molar-refractivity contribution in [3.05, 3.63) is 71.9 Å². The van der Waals surface area contributed by atoms with Crippen LogP contribution in [0.3, 0.4) is 0 Å². The molecule has 0 aliphatic carbocycles. The van der Waals surface area contributed by atoms with Crippen molar-refractivity contribution in [2.75, 3.05) is 25.6 Å². The molecule has 0 unspecified atom stereocenters. The van der Waals surface area contributed by atoms with Crippen molar-refractivity contribution >= 4 is 47.0 Å². The zero-order chi connectivity index (χ0) is 33.1. The minimum absolute atomic E-state index is 0.133. The largest absolute Gasteiger partial charge is 0.493 e. The first-order chi connectivity index (χ1) is 22.7. The number of aliphatic imine (C=N–C) groups is 2. The summed E-state index contributed by atoms with van der Waals surface area (Å²) in [5, 5.41) is 20.7. The Labute approximate surface area is 270 Å². The van der Waals surface area contributed by atoms with Crippen LogP contribution in [-0.4, -0.2) is 80.6 Å². The molecule has 0 spiro atoms. The van der Waals surface area contributed by atoms with Crippen LogP contribution in [0.5, 0.6) is 11.5 Å². The van der Waals surface area contributed by atoms with E-state index in [4.69, 9.17) is 20.6 Å². The quantitative estimate of drug-likeness (QED) is 0.0902. The zero-order valence-corrected chi connectivity index (χ0v) is 26.0. The number of anilines is 1. The molecule has 1 saturated heterocycles. The third-order valence-corrected chi connectivity index (χ3v) is 8.08. The van der Waals surface area contributed by atoms with E-state index in [9.17, 15) is 14.7 Å². The van der Waals surface area contributed by atoms with Gasteiger partial charge < -0.3 is 40.1 Å². The SMILES string of the molecule is COc1cc2c(cc1OCCCC(=O)Nc1cnc(C(N)=Nc3ccc(-c4cc(C(=O)O)n(C)c4)cc3)[nH]1)N=C[C@@H]1CCCN1C2=N. The molecule has 2 aromatic carbocycles. The number of fused-ring (bicyclic) bond motifs is 2. The molecule has 0 radical (unpaired) electrons. The molecule has 6 rings (SSSR count). The number of amidine groups is 2. The number of aryl methyl sites for hydroxylation is 1. The van der Waals surface area contributed by atoms with E-state index in [1.165, 1.54) is 6.20 Å². The molecule has 4 aromatic rings. The molecule has 1 amide bonds. The van der Waals surface area contributed by atoms with Crippen molar-refractivity contribution < 1.29 is 24.2 Å². The van der Waals surface area contributed by atoms with Crippen LogP contribution in [0.25, 0.3) is 11.1 Å². The first-order valence-electron chi connectivity index (χ1n) is 15.1. The number of methoxy groups -OCH3 is 1. The van der Waals surface area contributed by atoms with E-state index in [1.54, 1.807) is 55.3 Å². The summed E-state index contributed by atoms with van der Waals surface area (Å²) in [6.07, 6.45) is 7.78. The number of aromatic amines is 1. The average Bonchev–Trinajstić information content (AvgIpc) is 3.81. The van der Waals surface area contributed by atoms with Crippen LogP contribution in [0.2, 0.25) is 0 Å². The van der Waals surface area contributed by atoms with E-state index in [0.29, 0.717) is 52.3 Å². The molecule has 2 aromatic heterocycles. The molecule has 4 heterocycles. The molecule has 14 nitrogen and oxygen atoms in total. The second kappa shape index (κ2) is 13.2. The van der Waals surface area contributed by atoms with E-state index in [2.05, 4.69) is 30.2 Å². The van der Waals surface area contributed by atoms with Crippen molar-refractivity contribution in [1.29, 1.82) is 5.41 Å². The fourth-order valence-corrected chi connectivity index (χ4v) is 5.66. The van der Waals surface area contributed by atoms with Gasteiger partial charge in [-0.1, -0.05) is 12.1 Å². The number of ether oxygens (including phenoxy) is 2. The van der Waals surface area contributed by atoms with Crippen LogP contribution < -0.4 is 20.5 Å². The lowest BCUT2D eigenvalue weighted by Crippen LogP contribution is -2.35. The predicted octanol–water partition coefficient (Wildman–Crippen LogP) is 4.46. The molecular formula is C33H35N9O5. The van der Waals surface area contributed by atoms with E-state index in [0.717, 1.165) is 30.5 Å².